The highest BCUT2D eigenvalue weighted by molar-refractivity contribution is 9.09. The SMILES string of the molecule is Fc1ccc(CC2CCCCC(Br)C2)cc1. The van der Waals surface area contributed by atoms with Crippen molar-refractivity contribution in [2.75, 3.05) is 0 Å². The van der Waals surface area contributed by atoms with Crippen molar-refractivity contribution in [3.8, 4) is 0 Å². The number of halogens is 2. The van der Waals surface area contributed by atoms with Crippen molar-refractivity contribution in [2.45, 2.75) is 43.4 Å². The van der Waals surface area contributed by atoms with Gasteiger partial charge in [-0.2, -0.15) is 0 Å². The van der Waals surface area contributed by atoms with Gasteiger partial charge < -0.3 is 0 Å². The normalized spacial score (nSPS) is 26.4. The average Bonchev–Trinajstić information content (AvgIpc) is 2.46. The van der Waals surface area contributed by atoms with Gasteiger partial charge in [-0.05, 0) is 42.9 Å². The van der Waals surface area contributed by atoms with E-state index in [9.17, 15) is 4.39 Å². The summed E-state index contributed by atoms with van der Waals surface area (Å²) in [5, 5.41) is 0. The van der Waals surface area contributed by atoms with Gasteiger partial charge >= 0.3 is 0 Å². The first-order chi connectivity index (χ1) is 7.74. The van der Waals surface area contributed by atoms with Gasteiger partial charge in [0, 0.05) is 4.83 Å². The Labute approximate surface area is 105 Å². The van der Waals surface area contributed by atoms with Crippen LogP contribution >= 0.6 is 15.9 Å². The van der Waals surface area contributed by atoms with E-state index in [-0.39, 0.29) is 5.82 Å². The summed E-state index contributed by atoms with van der Waals surface area (Å²) < 4.78 is 12.8. The highest BCUT2D eigenvalue weighted by Crippen LogP contribution is 2.30. The molecule has 0 radical (unpaired) electrons. The van der Waals surface area contributed by atoms with Gasteiger partial charge in [-0.15, -0.1) is 0 Å². The third-order valence-corrected chi connectivity index (χ3v) is 4.24. The molecule has 1 aliphatic rings. The molecule has 2 heteroatoms. The van der Waals surface area contributed by atoms with Crippen molar-refractivity contribution >= 4 is 15.9 Å². The second-order valence-corrected chi connectivity index (χ2v) is 6.11. The quantitative estimate of drug-likeness (QED) is 0.545. The van der Waals surface area contributed by atoms with Gasteiger partial charge in [0.25, 0.3) is 0 Å². The Morgan fingerprint density at radius 2 is 1.81 bits per heavy atom. The predicted octanol–water partition coefficient (Wildman–Crippen LogP) is 4.71. The maximum atomic E-state index is 12.8. The van der Waals surface area contributed by atoms with Crippen LogP contribution in [0.25, 0.3) is 0 Å². The molecule has 0 amide bonds. The van der Waals surface area contributed by atoms with Crippen molar-refractivity contribution in [3.63, 3.8) is 0 Å². The van der Waals surface area contributed by atoms with E-state index >= 15 is 0 Å². The summed E-state index contributed by atoms with van der Waals surface area (Å²) in [4.78, 5) is 0.681. The molecule has 0 nitrogen and oxygen atoms in total. The van der Waals surface area contributed by atoms with E-state index in [2.05, 4.69) is 15.9 Å². The van der Waals surface area contributed by atoms with Crippen molar-refractivity contribution in [2.24, 2.45) is 5.92 Å². The highest BCUT2D eigenvalue weighted by Gasteiger charge is 2.18. The number of alkyl halides is 1. The molecule has 0 bridgehead atoms. The monoisotopic (exact) mass is 284 g/mol. The zero-order valence-corrected chi connectivity index (χ0v) is 11.0. The molecule has 2 rings (SSSR count). The Bertz CT molecular complexity index is 320. The van der Waals surface area contributed by atoms with Crippen LogP contribution in [0.3, 0.4) is 0 Å². The Kier molecular flexibility index (Phi) is 4.39. The summed E-state index contributed by atoms with van der Waals surface area (Å²) in [5.41, 5.74) is 1.27. The van der Waals surface area contributed by atoms with Gasteiger partial charge in [-0.25, -0.2) is 4.39 Å². The lowest BCUT2D eigenvalue weighted by Crippen LogP contribution is -2.08. The van der Waals surface area contributed by atoms with E-state index in [4.69, 9.17) is 0 Å². The summed E-state index contributed by atoms with van der Waals surface area (Å²) in [6.07, 6.45) is 7.67. The zero-order valence-electron chi connectivity index (χ0n) is 9.46. The fraction of sp³-hybridized carbons (Fsp3) is 0.571. The van der Waals surface area contributed by atoms with E-state index in [1.165, 1.54) is 37.7 Å². The molecule has 1 saturated carbocycles. The fourth-order valence-corrected chi connectivity index (χ4v) is 3.39. The first-order valence-electron chi connectivity index (χ1n) is 6.12. The van der Waals surface area contributed by atoms with Crippen LogP contribution in [0.15, 0.2) is 24.3 Å². The van der Waals surface area contributed by atoms with Crippen LogP contribution in [0.4, 0.5) is 4.39 Å². The van der Waals surface area contributed by atoms with Crippen LogP contribution in [-0.4, -0.2) is 4.83 Å². The minimum Gasteiger partial charge on any atom is -0.207 e. The third kappa shape index (κ3) is 3.58. The Morgan fingerprint density at radius 1 is 1.12 bits per heavy atom. The van der Waals surface area contributed by atoms with Gasteiger partial charge in [0.1, 0.15) is 5.82 Å². The largest absolute Gasteiger partial charge is 0.207 e. The summed E-state index contributed by atoms with van der Waals surface area (Å²) >= 11 is 3.74. The van der Waals surface area contributed by atoms with Crippen LogP contribution in [-0.2, 0) is 6.42 Å². The molecule has 1 aromatic carbocycles. The number of rotatable bonds is 2. The summed E-state index contributed by atoms with van der Waals surface area (Å²) in [6, 6.07) is 6.97. The molecule has 2 atom stereocenters. The maximum Gasteiger partial charge on any atom is 0.123 e. The third-order valence-electron chi connectivity index (χ3n) is 3.41. The van der Waals surface area contributed by atoms with Gasteiger partial charge in [0.05, 0.1) is 0 Å². The lowest BCUT2D eigenvalue weighted by atomic mass is 9.92. The fourth-order valence-electron chi connectivity index (χ4n) is 2.54. The van der Waals surface area contributed by atoms with E-state index in [1.807, 2.05) is 12.1 Å². The molecule has 0 N–H and O–H groups in total. The first-order valence-corrected chi connectivity index (χ1v) is 7.04. The van der Waals surface area contributed by atoms with E-state index in [0.29, 0.717) is 4.83 Å². The molecule has 1 fully saturated rings. The second kappa shape index (κ2) is 5.81. The molecule has 0 spiro atoms. The molecular weight excluding hydrogens is 267 g/mol. The van der Waals surface area contributed by atoms with Crippen LogP contribution in [0.2, 0.25) is 0 Å². The Morgan fingerprint density at radius 3 is 2.56 bits per heavy atom. The first kappa shape index (κ1) is 12.1. The highest BCUT2D eigenvalue weighted by atomic mass is 79.9. The lowest BCUT2D eigenvalue weighted by Gasteiger charge is -2.16. The molecule has 2 unspecified atom stereocenters. The molecule has 88 valence electrons. The molecule has 0 aliphatic heterocycles. The number of hydrogen-bond donors (Lipinski definition) is 0. The van der Waals surface area contributed by atoms with Crippen LogP contribution in [0.5, 0.6) is 0 Å². The van der Waals surface area contributed by atoms with Crippen molar-refractivity contribution in [1.29, 1.82) is 0 Å². The zero-order chi connectivity index (χ0) is 11.4. The van der Waals surface area contributed by atoms with Gasteiger partial charge in [0.15, 0.2) is 0 Å². The van der Waals surface area contributed by atoms with Crippen LogP contribution < -0.4 is 0 Å². The lowest BCUT2D eigenvalue weighted by molar-refractivity contribution is 0.463. The van der Waals surface area contributed by atoms with E-state index < -0.39 is 0 Å². The summed E-state index contributed by atoms with van der Waals surface area (Å²) in [5.74, 6) is 0.625. The average molecular weight is 285 g/mol. The smallest absolute Gasteiger partial charge is 0.123 e. The van der Waals surface area contributed by atoms with Crippen LogP contribution in [0, 0.1) is 11.7 Å². The Balaban J connectivity index is 1.95. The summed E-state index contributed by atoms with van der Waals surface area (Å²) in [6.45, 7) is 0. The van der Waals surface area contributed by atoms with Crippen LogP contribution in [0.1, 0.15) is 37.7 Å². The summed E-state index contributed by atoms with van der Waals surface area (Å²) in [7, 11) is 0. The van der Waals surface area contributed by atoms with E-state index in [1.54, 1.807) is 12.1 Å². The molecule has 0 saturated heterocycles. The molecule has 0 aromatic heterocycles. The minimum absolute atomic E-state index is 0.136. The molecule has 0 heterocycles. The van der Waals surface area contributed by atoms with Gasteiger partial charge in [0.2, 0.25) is 0 Å². The van der Waals surface area contributed by atoms with E-state index in [0.717, 1.165) is 12.3 Å². The van der Waals surface area contributed by atoms with Crippen molar-refractivity contribution in [1.82, 2.24) is 0 Å². The number of hydrogen-bond acceptors (Lipinski definition) is 0. The minimum atomic E-state index is -0.136. The topological polar surface area (TPSA) is 0 Å². The van der Waals surface area contributed by atoms with Crippen molar-refractivity contribution < 1.29 is 4.39 Å². The standard InChI is InChI=1S/C14H18BrF/c15-13-4-2-1-3-12(10-13)9-11-5-7-14(16)8-6-11/h5-8,12-13H,1-4,9-10H2. The molecule has 1 aromatic rings. The number of benzene rings is 1. The van der Waals surface area contributed by atoms with Crippen molar-refractivity contribution in [3.05, 3.63) is 35.6 Å². The van der Waals surface area contributed by atoms with Gasteiger partial charge in [-0.1, -0.05) is 47.3 Å². The maximum absolute atomic E-state index is 12.8. The molecular formula is C14H18BrF. The Hall–Kier alpha value is -0.370. The predicted molar refractivity (Wildman–Crippen MR) is 69.4 cm³/mol. The second-order valence-electron chi connectivity index (χ2n) is 4.81. The molecule has 1 aliphatic carbocycles. The van der Waals surface area contributed by atoms with Gasteiger partial charge in [-0.3, -0.25) is 0 Å². The molecule has 16 heavy (non-hydrogen) atoms.